The Kier molecular flexibility index (Phi) is 6.04. The zero-order chi connectivity index (χ0) is 16.0. The highest BCUT2D eigenvalue weighted by Crippen LogP contribution is 2.17. The largest absolute Gasteiger partial charge is 0.369 e. The van der Waals surface area contributed by atoms with E-state index in [9.17, 15) is 18.0 Å². The number of amides is 1. The molecule has 1 aromatic rings. The van der Waals surface area contributed by atoms with Gasteiger partial charge in [-0.2, -0.15) is 4.31 Å². The van der Waals surface area contributed by atoms with Crippen LogP contribution in [0.25, 0.3) is 0 Å². The molecule has 0 saturated carbocycles. The van der Waals surface area contributed by atoms with Crippen LogP contribution in [-0.2, 0) is 14.8 Å². The van der Waals surface area contributed by atoms with E-state index < -0.39 is 15.9 Å². The predicted octanol–water partition coefficient (Wildman–Crippen LogP) is 1.17. The summed E-state index contributed by atoms with van der Waals surface area (Å²) < 4.78 is 26.0. The first kappa shape index (κ1) is 17.3. The van der Waals surface area contributed by atoms with Crippen LogP contribution in [0.5, 0.6) is 0 Å². The van der Waals surface area contributed by atoms with Crippen molar-refractivity contribution in [2.45, 2.75) is 31.6 Å². The molecule has 0 aromatic heterocycles. The fourth-order valence-electron chi connectivity index (χ4n) is 1.80. The normalized spacial score (nSPS) is 11.6. The maximum absolute atomic E-state index is 12.5. The van der Waals surface area contributed by atoms with Crippen LogP contribution < -0.4 is 5.73 Å². The van der Waals surface area contributed by atoms with Crippen LogP contribution in [0.1, 0.15) is 37.0 Å². The lowest BCUT2D eigenvalue weighted by atomic mass is 10.2. The summed E-state index contributed by atoms with van der Waals surface area (Å²) in [7, 11) is -3.79. The number of unbranched alkanes of at least 4 members (excludes halogenated alkanes) is 1. The molecule has 0 bridgehead atoms. The molecule has 0 atom stereocenters. The Balaban J connectivity index is 3.08. The quantitative estimate of drug-likeness (QED) is 0.728. The van der Waals surface area contributed by atoms with Gasteiger partial charge in [-0.05, 0) is 25.5 Å². The molecule has 0 spiro atoms. The molecule has 0 aliphatic carbocycles. The molecule has 2 N–H and O–H groups in total. The molecular formula is C14H20N2O4S. The van der Waals surface area contributed by atoms with Crippen LogP contribution in [-0.4, -0.2) is 37.5 Å². The number of hydrogen-bond acceptors (Lipinski definition) is 4. The maximum atomic E-state index is 12.5. The zero-order valence-corrected chi connectivity index (χ0v) is 13.0. The first-order valence-electron chi connectivity index (χ1n) is 6.68. The van der Waals surface area contributed by atoms with E-state index in [0.717, 1.165) is 10.7 Å². The molecular weight excluding hydrogens is 292 g/mol. The van der Waals surface area contributed by atoms with Crippen molar-refractivity contribution in [2.75, 3.05) is 13.1 Å². The van der Waals surface area contributed by atoms with E-state index in [4.69, 9.17) is 5.73 Å². The van der Waals surface area contributed by atoms with Crippen molar-refractivity contribution < 1.29 is 18.0 Å². The summed E-state index contributed by atoms with van der Waals surface area (Å²) in [6.07, 6.45) is 1.44. The van der Waals surface area contributed by atoms with E-state index in [-0.39, 0.29) is 23.8 Å². The summed E-state index contributed by atoms with van der Waals surface area (Å²) in [6, 6.07) is 5.65. The third-order valence-electron chi connectivity index (χ3n) is 2.99. The topological polar surface area (TPSA) is 97.5 Å². The number of Topliss-reactive ketones (excluding diaryl/α,β-unsaturated/α-hetero) is 1. The number of hydrogen-bond donors (Lipinski definition) is 1. The first-order chi connectivity index (χ1) is 9.78. The molecule has 0 saturated heterocycles. The number of carbonyl (C=O) groups is 2. The number of primary amides is 1. The fraction of sp³-hybridized carbons (Fsp3) is 0.429. The van der Waals surface area contributed by atoms with Gasteiger partial charge in [-0.25, -0.2) is 8.42 Å². The molecule has 0 fully saturated rings. The second-order valence-corrected chi connectivity index (χ2v) is 6.68. The Morgan fingerprint density at radius 1 is 1.19 bits per heavy atom. The Labute approximate surface area is 125 Å². The predicted molar refractivity (Wildman–Crippen MR) is 79.3 cm³/mol. The smallest absolute Gasteiger partial charge is 0.243 e. The van der Waals surface area contributed by atoms with E-state index >= 15 is 0 Å². The summed E-state index contributed by atoms with van der Waals surface area (Å²) in [5.41, 5.74) is 5.55. The number of benzene rings is 1. The van der Waals surface area contributed by atoms with E-state index in [1.807, 2.05) is 6.92 Å². The van der Waals surface area contributed by atoms with E-state index in [0.29, 0.717) is 12.0 Å². The van der Waals surface area contributed by atoms with Crippen molar-refractivity contribution in [3.8, 4) is 0 Å². The molecule has 1 aromatic carbocycles. The summed E-state index contributed by atoms with van der Waals surface area (Å²) in [5, 5.41) is 0. The monoisotopic (exact) mass is 312 g/mol. The molecule has 0 heterocycles. The maximum Gasteiger partial charge on any atom is 0.243 e. The van der Waals surface area contributed by atoms with E-state index in [1.165, 1.54) is 31.2 Å². The summed E-state index contributed by atoms with van der Waals surface area (Å²) >= 11 is 0. The van der Waals surface area contributed by atoms with Gasteiger partial charge in [-0.1, -0.05) is 25.5 Å². The van der Waals surface area contributed by atoms with Gasteiger partial charge in [0.25, 0.3) is 0 Å². The molecule has 0 aliphatic heterocycles. The molecule has 0 aliphatic rings. The lowest BCUT2D eigenvalue weighted by Crippen LogP contribution is -2.39. The minimum atomic E-state index is -3.79. The third kappa shape index (κ3) is 4.64. The van der Waals surface area contributed by atoms with Crippen LogP contribution in [0.4, 0.5) is 0 Å². The number of carbonyl (C=O) groups excluding carboxylic acids is 2. The number of nitrogens with zero attached hydrogens (tertiary/aromatic N) is 1. The van der Waals surface area contributed by atoms with E-state index in [2.05, 4.69) is 0 Å². The molecule has 6 nitrogen and oxygen atoms in total. The molecule has 116 valence electrons. The molecule has 0 radical (unpaired) electrons. The fourth-order valence-corrected chi connectivity index (χ4v) is 3.25. The van der Waals surface area contributed by atoms with Crippen LogP contribution in [0, 0.1) is 0 Å². The molecule has 1 amide bonds. The van der Waals surface area contributed by atoms with Gasteiger partial charge in [0.05, 0.1) is 11.4 Å². The van der Waals surface area contributed by atoms with Crippen molar-refractivity contribution >= 4 is 21.7 Å². The second kappa shape index (κ2) is 7.33. The van der Waals surface area contributed by atoms with Gasteiger partial charge in [-0.3, -0.25) is 9.59 Å². The lowest BCUT2D eigenvalue weighted by molar-refractivity contribution is -0.118. The van der Waals surface area contributed by atoms with Crippen LogP contribution in [0.2, 0.25) is 0 Å². The summed E-state index contributed by atoms with van der Waals surface area (Å²) in [5.74, 6) is -0.839. The highest BCUT2D eigenvalue weighted by molar-refractivity contribution is 7.89. The van der Waals surface area contributed by atoms with Crippen LogP contribution >= 0.6 is 0 Å². The van der Waals surface area contributed by atoms with Crippen LogP contribution in [0.15, 0.2) is 29.2 Å². The Bertz CT molecular complexity index is 608. The van der Waals surface area contributed by atoms with E-state index in [1.54, 1.807) is 0 Å². The van der Waals surface area contributed by atoms with Gasteiger partial charge in [0.2, 0.25) is 15.9 Å². The zero-order valence-electron chi connectivity index (χ0n) is 12.2. The van der Waals surface area contributed by atoms with Gasteiger partial charge < -0.3 is 5.73 Å². The van der Waals surface area contributed by atoms with Gasteiger partial charge in [0.15, 0.2) is 5.78 Å². The molecule has 1 rings (SSSR count). The molecule has 0 unspecified atom stereocenters. The van der Waals surface area contributed by atoms with Gasteiger partial charge >= 0.3 is 0 Å². The minimum absolute atomic E-state index is 0.0462. The van der Waals surface area contributed by atoms with Crippen LogP contribution in [0.3, 0.4) is 0 Å². The Morgan fingerprint density at radius 3 is 2.19 bits per heavy atom. The van der Waals surface area contributed by atoms with Gasteiger partial charge in [-0.15, -0.1) is 0 Å². The van der Waals surface area contributed by atoms with Gasteiger partial charge in [0, 0.05) is 12.1 Å². The number of ketones is 1. The average molecular weight is 312 g/mol. The van der Waals surface area contributed by atoms with Crippen molar-refractivity contribution in [2.24, 2.45) is 5.73 Å². The second-order valence-electron chi connectivity index (χ2n) is 4.74. The SMILES string of the molecule is CCCCN(CC(N)=O)S(=O)(=O)c1ccc(C(C)=O)cc1. The number of nitrogens with two attached hydrogens (primary N) is 1. The first-order valence-corrected chi connectivity index (χ1v) is 8.12. The average Bonchev–Trinajstić information content (AvgIpc) is 2.43. The van der Waals surface area contributed by atoms with Crippen molar-refractivity contribution in [3.63, 3.8) is 0 Å². The highest BCUT2D eigenvalue weighted by Gasteiger charge is 2.25. The van der Waals surface area contributed by atoms with Crippen molar-refractivity contribution in [1.29, 1.82) is 0 Å². The van der Waals surface area contributed by atoms with Gasteiger partial charge in [0.1, 0.15) is 0 Å². The summed E-state index contributed by atoms with van der Waals surface area (Å²) in [4.78, 5) is 22.3. The Morgan fingerprint density at radius 2 is 1.76 bits per heavy atom. The van der Waals surface area contributed by atoms with Crippen molar-refractivity contribution in [3.05, 3.63) is 29.8 Å². The molecule has 7 heteroatoms. The highest BCUT2D eigenvalue weighted by atomic mass is 32.2. The summed E-state index contributed by atoms with van der Waals surface area (Å²) in [6.45, 7) is 3.22. The number of rotatable bonds is 8. The van der Waals surface area contributed by atoms with Crippen molar-refractivity contribution in [1.82, 2.24) is 4.31 Å². The minimum Gasteiger partial charge on any atom is -0.369 e. The standard InChI is InChI=1S/C14H20N2O4S/c1-3-4-9-16(10-14(15)18)21(19,20)13-7-5-12(6-8-13)11(2)17/h5-8H,3-4,9-10H2,1-2H3,(H2,15,18). The third-order valence-corrected chi connectivity index (χ3v) is 4.85. The molecule has 21 heavy (non-hydrogen) atoms. The number of sulfonamides is 1. The Hall–Kier alpha value is -1.73. The lowest BCUT2D eigenvalue weighted by Gasteiger charge is -2.20.